The molecule has 3 atom stereocenters. The monoisotopic (exact) mass is 402 g/mol. The lowest BCUT2D eigenvalue weighted by atomic mass is 9.87. The van der Waals surface area contributed by atoms with Crippen LogP contribution in [-0.2, 0) is 26.4 Å². The summed E-state index contributed by atoms with van der Waals surface area (Å²) in [6.07, 6.45) is 2.39. The minimum absolute atomic E-state index is 0.446. The molecular formula is C23H27ClO4. The predicted molar refractivity (Wildman–Crippen MR) is 109 cm³/mol. The molecular weight excluding hydrogens is 376 g/mol. The summed E-state index contributed by atoms with van der Waals surface area (Å²) in [4.78, 5) is 0. The van der Waals surface area contributed by atoms with Crippen LogP contribution in [0.4, 0.5) is 0 Å². The number of ether oxygens (including phenoxy) is 4. The van der Waals surface area contributed by atoms with Gasteiger partial charge in [-0.15, -0.1) is 0 Å². The largest absolute Gasteiger partial charge is 0.494 e. The molecule has 150 valence electrons. The molecule has 0 spiro atoms. The van der Waals surface area contributed by atoms with Gasteiger partial charge in [0.1, 0.15) is 12.4 Å². The molecule has 4 nitrogen and oxygen atoms in total. The summed E-state index contributed by atoms with van der Waals surface area (Å²) in [6, 6.07) is 14.2. The van der Waals surface area contributed by atoms with E-state index in [9.17, 15) is 0 Å². The first-order valence-electron chi connectivity index (χ1n) is 9.87. The average Bonchev–Trinajstić information content (AvgIpc) is 2.98. The van der Waals surface area contributed by atoms with Crippen molar-refractivity contribution in [1.29, 1.82) is 0 Å². The van der Waals surface area contributed by atoms with E-state index in [2.05, 4.69) is 25.1 Å². The Bertz CT molecular complexity index is 837. The molecule has 2 aliphatic rings. The Morgan fingerprint density at radius 1 is 1.14 bits per heavy atom. The second-order valence-corrected chi connectivity index (χ2v) is 8.24. The summed E-state index contributed by atoms with van der Waals surface area (Å²) in [7, 11) is 1.69. The fourth-order valence-electron chi connectivity index (χ4n) is 4.33. The first-order valence-corrected chi connectivity index (χ1v) is 10.3. The standard InChI is InChI=1S/C23H27ClO4/c1-4-26-20-8-5-17(6-9-20)11-18-12-19(7-10-21(18)24)23-14-16(2)13-22(25-3,28-23)15-27-23/h5-10,12,16H,4,11,13-15H2,1-3H3/t16?,22-,23-/m1/s1. The van der Waals surface area contributed by atoms with Crippen LogP contribution in [0.15, 0.2) is 42.5 Å². The quantitative estimate of drug-likeness (QED) is 0.656. The Morgan fingerprint density at radius 2 is 1.93 bits per heavy atom. The van der Waals surface area contributed by atoms with Crippen LogP contribution < -0.4 is 4.74 Å². The molecule has 0 aromatic heterocycles. The van der Waals surface area contributed by atoms with Crippen LogP contribution in [0.1, 0.15) is 43.4 Å². The maximum absolute atomic E-state index is 6.52. The number of hydrogen-bond acceptors (Lipinski definition) is 4. The van der Waals surface area contributed by atoms with E-state index in [4.69, 9.17) is 30.5 Å². The van der Waals surface area contributed by atoms with Gasteiger partial charge < -0.3 is 18.9 Å². The van der Waals surface area contributed by atoms with Crippen molar-refractivity contribution in [2.24, 2.45) is 5.92 Å². The molecule has 1 unspecified atom stereocenters. The highest BCUT2D eigenvalue weighted by atomic mass is 35.5. The third-order valence-corrected chi connectivity index (χ3v) is 6.01. The van der Waals surface area contributed by atoms with Gasteiger partial charge in [-0.3, -0.25) is 0 Å². The second-order valence-electron chi connectivity index (χ2n) is 7.83. The van der Waals surface area contributed by atoms with Crippen LogP contribution in [0.5, 0.6) is 5.75 Å². The Kier molecular flexibility index (Phi) is 5.41. The smallest absolute Gasteiger partial charge is 0.198 e. The molecule has 0 amide bonds. The minimum atomic E-state index is -0.758. The van der Waals surface area contributed by atoms with E-state index in [1.54, 1.807) is 7.11 Å². The molecule has 2 aliphatic heterocycles. The zero-order valence-electron chi connectivity index (χ0n) is 16.7. The van der Waals surface area contributed by atoms with Gasteiger partial charge in [-0.1, -0.05) is 36.7 Å². The van der Waals surface area contributed by atoms with Gasteiger partial charge in [0.2, 0.25) is 0 Å². The highest BCUT2D eigenvalue weighted by molar-refractivity contribution is 6.31. The lowest BCUT2D eigenvalue weighted by Gasteiger charge is -2.40. The molecule has 2 bridgehead atoms. The lowest BCUT2D eigenvalue weighted by molar-refractivity contribution is -0.297. The molecule has 2 aromatic carbocycles. The Labute approximate surface area is 171 Å². The van der Waals surface area contributed by atoms with E-state index in [-0.39, 0.29) is 0 Å². The summed E-state index contributed by atoms with van der Waals surface area (Å²) in [5, 5.41) is 0.744. The molecule has 2 saturated heterocycles. The van der Waals surface area contributed by atoms with Crippen LogP contribution in [0, 0.1) is 5.92 Å². The third kappa shape index (κ3) is 3.67. The highest BCUT2D eigenvalue weighted by Crippen LogP contribution is 2.51. The molecule has 0 N–H and O–H groups in total. The topological polar surface area (TPSA) is 36.9 Å². The molecule has 0 saturated carbocycles. The maximum Gasteiger partial charge on any atom is 0.198 e. The highest BCUT2D eigenvalue weighted by Gasteiger charge is 2.57. The van der Waals surface area contributed by atoms with Crippen molar-refractivity contribution in [2.45, 2.75) is 44.7 Å². The predicted octanol–water partition coefficient (Wildman–Crippen LogP) is 5.30. The molecule has 28 heavy (non-hydrogen) atoms. The van der Waals surface area contributed by atoms with E-state index in [1.165, 1.54) is 5.56 Å². The Morgan fingerprint density at radius 3 is 2.64 bits per heavy atom. The van der Waals surface area contributed by atoms with Crippen molar-refractivity contribution in [3.05, 3.63) is 64.2 Å². The van der Waals surface area contributed by atoms with E-state index < -0.39 is 11.6 Å². The van der Waals surface area contributed by atoms with Gasteiger partial charge in [0.25, 0.3) is 0 Å². The summed E-state index contributed by atoms with van der Waals surface area (Å²) >= 11 is 6.52. The third-order valence-electron chi connectivity index (χ3n) is 5.64. The second kappa shape index (κ2) is 7.68. The van der Waals surface area contributed by atoms with E-state index in [1.807, 2.05) is 31.2 Å². The van der Waals surface area contributed by atoms with Gasteiger partial charge in [-0.05, 0) is 54.7 Å². The summed E-state index contributed by atoms with van der Waals surface area (Å²) < 4.78 is 23.8. The summed E-state index contributed by atoms with van der Waals surface area (Å²) in [6.45, 7) is 5.31. The summed E-state index contributed by atoms with van der Waals surface area (Å²) in [5.74, 6) is -0.0791. The van der Waals surface area contributed by atoms with Gasteiger partial charge in [0.05, 0.1) is 6.61 Å². The van der Waals surface area contributed by atoms with Gasteiger partial charge in [-0.2, -0.15) is 0 Å². The average molecular weight is 403 g/mol. The van der Waals surface area contributed by atoms with Gasteiger partial charge in [-0.25, -0.2) is 0 Å². The van der Waals surface area contributed by atoms with Gasteiger partial charge in [0, 0.05) is 30.5 Å². The van der Waals surface area contributed by atoms with Crippen molar-refractivity contribution < 1.29 is 18.9 Å². The summed E-state index contributed by atoms with van der Waals surface area (Å²) in [5.41, 5.74) is 3.23. The van der Waals surface area contributed by atoms with E-state index in [0.717, 1.165) is 41.2 Å². The van der Waals surface area contributed by atoms with Crippen LogP contribution in [-0.4, -0.2) is 26.1 Å². The molecule has 0 aliphatic carbocycles. The fraction of sp³-hybridized carbons (Fsp3) is 0.478. The van der Waals surface area contributed by atoms with Gasteiger partial charge in [0.15, 0.2) is 11.6 Å². The zero-order chi connectivity index (χ0) is 19.8. The minimum Gasteiger partial charge on any atom is -0.494 e. The normalized spacial score (nSPS) is 29.1. The molecule has 0 radical (unpaired) electrons. The zero-order valence-corrected chi connectivity index (χ0v) is 17.4. The van der Waals surface area contributed by atoms with Gasteiger partial charge >= 0.3 is 0 Å². The van der Waals surface area contributed by atoms with E-state index in [0.29, 0.717) is 19.1 Å². The lowest BCUT2D eigenvalue weighted by Crippen LogP contribution is -2.44. The fourth-order valence-corrected chi connectivity index (χ4v) is 4.51. The van der Waals surface area contributed by atoms with Crippen molar-refractivity contribution >= 4 is 11.6 Å². The number of fused-ring (bicyclic) bond motifs is 2. The molecule has 4 rings (SSSR count). The number of benzene rings is 2. The van der Waals surface area contributed by atoms with Crippen LogP contribution in [0.2, 0.25) is 5.02 Å². The van der Waals surface area contributed by atoms with Crippen molar-refractivity contribution in [3.63, 3.8) is 0 Å². The first-order chi connectivity index (χ1) is 13.5. The number of hydrogen-bond donors (Lipinski definition) is 0. The van der Waals surface area contributed by atoms with Crippen molar-refractivity contribution in [2.75, 3.05) is 20.3 Å². The maximum atomic E-state index is 6.52. The Balaban J connectivity index is 1.60. The molecule has 2 fully saturated rings. The molecule has 5 heteroatoms. The number of halogens is 1. The number of methoxy groups -OCH3 is 1. The first kappa shape index (κ1) is 19.7. The van der Waals surface area contributed by atoms with Crippen molar-refractivity contribution in [1.82, 2.24) is 0 Å². The van der Waals surface area contributed by atoms with E-state index >= 15 is 0 Å². The molecule has 2 heterocycles. The van der Waals surface area contributed by atoms with Crippen LogP contribution >= 0.6 is 11.6 Å². The van der Waals surface area contributed by atoms with Crippen LogP contribution in [0.3, 0.4) is 0 Å². The SMILES string of the molecule is CCOc1ccc(Cc2cc([C@]34CC(C)C[C@](OC)(CO3)O4)ccc2Cl)cc1. The molecule has 2 aromatic rings. The van der Waals surface area contributed by atoms with Crippen molar-refractivity contribution in [3.8, 4) is 5.75 Å². The Hall–Kier alpha value is -1.59. The number of rotatable bonds is 6. The van der Waals surface area contributed by atoms with Crippen LogP contribution in [0.25, 0.3) is 0 Å².